The van der Waals surface area contributed by atoms with E-state index in [0.29, 0.717) is 5.69 Å². The Balaban J connectivity index is 0. The Hall–Kier alpha value is -2.03. The van der Waals surface area contributed by atoms with Crippen molar-refractivity contribution in [2.75, 3.05) is 0 Å². The number of nitrogens with two attached hydrogens (primary N) is 4. The smallest absolute Gasteiger partial charge is 0.223 e. The molecular weight excluding hydrogens is 303 g/mol. The van der Waals surface area contributed by atoms with Crippen molar-refractivity contribution in [2.45, 2.75) is 6.92 Å². The highest BCUT2D eigenvalue weighted by molar-refractivity contribution is 5.99. The molecule has 0 saturated heterocycles. The lowest BCUT2D eigenvalue weighted by Crippen LogP contribution is -2.26. The van der Waals surface area contributed by atoms with Crippen LogP contribution >= 0.6 is 24.8 Å². The number of nitrogens with one attached hydrogen (secondary N) is 1. The van der Waals surface area contributed by atoms with Crippen molar-refractivity contribution in [2.24, 2.45) is 38.1 Å². The summed E-state index contributed by atoms with van der Waals surface area (Å²) in [6.07, 6.45) is 0. The Morgan fingerprint density at radius 1 is 1.05 bits per heavy atom. The third kappa shape index (κ3) is 6.78. The van der Waals surface area contributed by atoms with Gasteiger partial charge in [0.2, 0.25) is 5.96 Å². The minimum atomic E-state index is -0.134. The molecule has 0 spiro atoms. The fourth-order valence-electron chi connectivity index (χ4n) is 1.23. The number of hydrogen-bond acceptors (Lipinski definition) is 4. The van der Waals surface area contributed by atoms with Crippen LogP contribution in [0, 0.1) is 0 Å². The lowest BCUT2D eigenvalue weighted by Gasteiger charge is -2.01. The Bertz CT molecular complexity index is 490. The van der Waals surface area contributed by atoms with Crippen LogP contribution in [0.3, 0.4) is 0 Å². The zero-order valence-corrected chi connectivity index (χ0v) is 12.4. The van der Waals surface area contributed by atoms with Gasteiger partial charge >= 0.3 is 0 Å². The average Bonchev–Trinajstić information content (AvgIpc) is 2.29. The van der Waals surface area contributed by atoms with Gasteiger partial charge in [0, 0.05) is 0 Å². The van der Waals surface area contributed by atoms with E-state index in [4.69, 9.17) is 23.0 Å². The van der Waals surface area contributed by atoms with Gasteiger partial charge in [-0.25, -0.2) is 16.4 Å². The first-order valence-electron chi connectivity index (χ1n) is 5.07. The molecule has 0 unspecified atom stereocenters. The van der Waals surface area contributed by atoms with Crippen molar-refractivity contribution >= 4 is 48.1 Å². The fourth-order valence-corrected chi connectivity index (χ4v) is 1.23. The summed E-state index contributed by atoms with van der Waals surface area (Å²) >= 11 is 0. The van der Waals surface area contributed by atoms with E-state index in [0.717, 1.165) is 11.3 Å². The van der Waals surface area contributed by atoms with Crippen molar-refractivity contribution in [3.05, 3.63) is 29.8 Å². The first kappa shape index (κ1) is 20.3. The lowest BCUT2D eigenvalue weighted by atomic mass is 10.1. The van der Waals surface area contributed by atoms with Crippen LogP contribution in [0.1, 0.15) is 12.5 Å². The number of benzene rings is 1. The Morgan fingerprint density at radius 3 is 2.05 bits per heavy atom. The molecule has 10 heteroatoms. The Labute approximate surface area is 129 Å². The number of nitrogens with zero attached hydrogens (tertiary/aromatic N) is 3. The van der Waals surface area contributed by atoms with Crippen LogP contribution in [-0.4, -0.2) is 17.6 Å². The number of halogens is 2. The molecule has 0 aromatic heterocycles. The summed E-state index contributed by atoms with van der Waals surface area (Å²) in [5.41, 5.74) is 20.4. The van der Waals surface area contributed by atoms with Gasteiger partial charge in [-0.05, 0) is 24.6 Å². The van der Waals surface area contributed by atoms with Gasteiger partial charge in [0.1, 0.15) is 0 Å². The van der Waals surface area contributed by atoms with Crippen LogP contribution in [0.2, 0.25) is 0 Å². The molecule has 0 atom stereocenters. The molecule has 0 radical (unpaired) electrons. The summed E-state index contributed by atoms with van der Waals surface area (Å²) in [5, 5.41) is 3.85. The molecule has 20 heavy (non-hydrogen) atoms. The third-order valence-corrected chi connectivity index (χ3v) is 2.00. The van der Waals surface area contributed by atoms with Crippen LogP contribution in [-0.2, 0) is 0 Å². The number of hydrazone groups is 1. The molecule has 0 heterocycles. The normalized spacial score (nSPS) is 10.9. The summed E-state index contributed by atoms with van der Waals surface area (Å²) in [5.74, 6) is 4.96. The molecule has 1 rings (SSSR count). The quantitative estimate of drug-likeness (QED) is 0.228. The molecular formula is C10H18Cl2N8. The van der Waals surface area contributed by atoms with Gasteiger partial charge < -0.3 is 17.2 Å². The third-order valence-electron chi connectivity index (χ3n) is 2.00. The van der Waals surface area contributed by atoms with E-state index in [2.05, 4.69) is 20.6 Å². The summed E-state index contributed by atoms with van der Waals surface area (Å²) in [6, 6.07) is 7.19. The molecule has 0 amide bonds. The number of hydrogen-bond donors (Lipinski definition) is 5. The van der Waals surface area contributed by atoms with Crippen LogP contribution < -0.4 is 28.6 Å². The Morgan fingerprint density at radius 2 is 1.60 bits per heavy atom. The van der Waals surface area contributed by atoms with Gasteiger partial charge in [0.05, 0.1) is 11.4 Å². The van der Waals surface area contributed by atoms with E-state index in [1.54, 1.807) is 12.1 Å². The second kappa shape index (κ2) is 9.84. The first-order chi connectivity index (χ1) is 8.52. The van der Waals surface area contributed by atoms with Gasteiger partial charge in [-0.3, -0.25) is 0 Å². The highest BCUT2D eigenvalue weighted by Gasteiger charge is 1.98. The molecule has 0 saturated carbocycles. The second-order valence-corrected chi connectivity index (χ2v) is 3.38. The highest BCUT2D eigenvalue weighted by Crippen LogP contribution is 2.13. The maximum atomic E-state index is 5.50. The predicted octanol–water partition coefficient (Wildman–Crippen LogP) is -0.0629. The number of guanidine groups is 2. The minimum Gasteiger partial charge on any atom is -0.370 e. The summed E-state index contributed by atoms with van der Waals surface area (Å²) < 4.78 is 0. The summed E-state index contributed by atoms with van der Waals surface area (Å²) in [7, 11) is 0. The maximum Gasteiger partial charge on any atom is 0.223 e. The molecule has 0 aliphatic heterocycles. The molecule has 8 nitrogen and oxygen atoms in total. The van der Waals surface area contributed by atoms with Crippen LogP contribution in [0.25, 0.3) is 0 Å². The molecule has 112 valence electrons. The van der Waals surface area contributed by atoms with Gasteiger partial charge in [0.15, 0.2) is 5.96 Å². The SMILES string of the molecule is C/C(=N\NN)c1ccc(N=C(N)N=C(N)N)cc1.Cl.Cl. The van der Waals surface area contributed by atoms with Gasteiger partial charge in [-0.2, -0.15) is 10.1 Å². The second-order valence-electron chi connectivity index (χ2n) is 3.38. The average molecular weight is 321 g/mol. The van der Waals surface area contributed by atoms with Crippen LogP contribution in [0.4, 0.5) is 5.69 Å². The predicted molar refractivity (Wildman–Crippen MR) is 87.6 cm³/mol. The molecule has 0 aliphatic carbocycles. The number of hydrazine groups is 1. The van der Waals surface area contributed by atoms with E-state index in [1.807, 2.05) is 19.1 Å². The van der Waals surface area contributed by atoms with Gasteiger partial charge in [-0.15, -0.1) is 24.8 Å². The highest BCUT2D eigenvalue weighted by atomic mass is 35.5. The van der Waals surface area contributed by atoms with E-state index in [9.17, 15) is 0 Å². The largest absolute Gasteiger partial charge is 0.370 e. The molecule has 1 aromatic rings. The molecule has 1 aromatic carbocycles. The lowest BCUT2D eigenvalue weighted by molar-refractivity contribution is 0.805. The maximum absolute atomic E-state index is 5.50. The number of rotatable bonds is 3. The zero-order valence-electron chi connectivity index (χ0n) is 10.8. The molecule has 0 bridgehead atoms. The zero-order chi connectivity index (χ0) is 13.5. The number of aliphatic imine (C=N–C) groups is 2. The van der Waals surface area contributed by atoms with Crippen molar-refractivity contribution < 1.29 is 0 Å². The van der Waals surface area contributed by atoms with Crippen molar-refractivity contribution in [3.63, 3.8) is 0 Å². The van der Waals surface area contributed by atoms with Gasteiger partial charge in [0.25, 0.3) is 0 Å². The van der Waals surface area contributed by atoms with Gasteiger partial charge in [-0.1, -0.05) is 12.1 Å². The molecule has 9 N–H and O–H groups in total. The topological polar surface area (TPSA) is 153 Å². The van der Waals surface area contributed by atoms with Crippen molar-refractivity contribution in [1.29, 1.82) is 0 Å². The summed E-state index contributed by atoms with van der Waals surface area (Å²) in [4.78, 5) is 7.62. The van der Waals surface area contributed by atoms with E-state index < -0.39 is 0 Å². The van der Waals surface area contributed by atoms with Crippen LogP contribution in [0.5, 0.6) is 0 Å². The van der Waals surface area contributed by atoms with E-state index in [-0.39, 0.29) is 36.7 Å². The first-order valence-corrected chi connectivity index (χ1v) is 5.07. The molecule has 0 fully saturated rings. The monoisotopic (exact) mass is 320 g/mol. The Kier molecular flexibility index (Phi) is 9.99. The standard InChI is InChI=1S/C10H16N8.2ClH/c1-6(17-18-14)7-2-4-8(5-3-7)15-10(13)16-9(11)12;;/h2-5,18H,14H2,1H3,(H6,11,12,13,15,16);2*1H/b17-6+;;. The van der Waals surface area contributed by atoms with Crippen molar-refractivity contribution in [3.8, 4) is 0 Å². The summed E-state index contributed by atoms with van der Waals surface area (Å²) in [6.45, 7) is 1.83. The van der Waals surface area contributed by atoms with E-state index in [1.165, 1.54) is 0 Å². The van der Waals surface area contributed by atoms with Crippen molar-refractivity contribution in [1.82, 2.24) is 5.53 Å². The molecule has 0 aliphatic rings. The fraction of sp³-hybridized carbons (Fsp3) is 0.100. The minimum absolute atomic E-state index is 0. The van der Waals surface area contributed by atoms with Crippen LogP contribution in [0.15, 0.2) is 39.4 Å². The van der Waals surface area contributed by atoms with E-state index >= 15 is 0 Å².